The molecule has 0 unspecified atom stereocenters. The Morgan fingerprint density at radius 1 is 1.15 bits per heavy atom. The Balaban J connectivity index is 0.00000361. The van der Waals surface area contributed by atoms with Crippen molar-refractivity contribution in [3.8, 4) is 0 Å². The molecule has 1 aliphatic rings. The van der Waals surface area contributed by atoms with Gasteiger partial charge in [0, 0.05) is 6.04 Å². The van der Waals surface area contributed by atoms with Crippen LogP contribution in [0.15, 0.2) is 0 Å². The van der Waals surface area contributed by atoms with Gasteiger partial charge in [0.2, 0.25) is 5.91 Å². The van der Waals surface area contributed by atoms with Crippen LogP contribution in [0.2, 0.25) is 0 Å². The summed E-state index contributed by atoms with van der Waals surface area (Å²) < 4.78 is 0. The molecule has 0 aromatic heterocycles. The second-order valence-electron chi connectivity index (χ2n) is 5.36. The molecule has 1 fully saturated rings. The number of carbonyl (C=O) groups excluding carboxylic acids is 1. The van der Waals surface area contributed by atoms with Crippen LogP contribution in [0, 0.1) is 0 Å². The molecule has 0 aromatic carbocycles. The highest BCUT2D eigenvalue weighted by Crippen LogP contribution is 2.17. The molecule has 1 amide bonds. The molecular weight excluding hydrogens is 280 g/mol. The lowest BCUT2D eigenvalue weighted by molar-refractivity contribution is -0.138. The maximum Gasteiger partial charge on any atom is 0.317 e. The van der Waals surface area contributed by atoms with E-state index in [1.165, 1.54) is 25.7 Å². The molecule has 20 heavy (non-hydrogen) atoms. The summed E-state index contributed by atoms with van der Waals surface area (Å²) in [5, 5.41) is 11.9. The van der Waals surface area contributed by atoms with Gasteiger partial charge in [0.15, 0.2) is 0 Å². The Morgan fingerprint density at radius 3 is 2.25 bits per heavy atom. The molecule has 0 radical (unpaired) electrons. The van der Waals surface area contributed by atoms with E-state index in [4.69, 9.17) is 5.11 Å². The summed E-state index contributed by atoms with van der Waals surface area (Å²) in [7, 11) is 0. The first-order chi connectivity index (χ1) is 9.11. The maximum atomic E-state index is 11.9. The lowest BCUT2D eigenvalue weighted by atomic mass is 10.1. The van der Waals surface area contributed by atoms with Crippen LogP contribution in [-0.4, -0.2) is 47.6 Å². The number of carbonyl (C=O) groups is 2. The lowest BCUT2D eigenvalue weighted by Crippen LogP contribution is -2.43. The SMILES string of the molecule is CCCN(CC(=O)O)CC(=O)NC1CCCCCC1.Cl. The van der Waals surface area contributed by atoms with Gasteiger partial charge in [-0.1, -0.05) is 32.6 Å². The molecule has 1 aliphatic carbocycles. The Kier molecular flexibility index (Phi) is 10.5. The number of rotatable bonds is 7. The Labute approximate surface area is 127 Å². The molecule has 0 spiro atoms. The summed E-state index contributed by atoms with van der Waals surface area (Å²) in [6.45, 7) is 2.75. The fourth-order valence-electron chi connectivity index (χ4n) is 2.62. The fourth-order valence-corrected chi connectivity index (χ4v) is 2.62. The average Bonchev–Trinajstić information content (AvgIpc) is 2.56. The Morgan fingerprint density at radius 2 is 1.75 bits per heavy atom. The second kappa shape index (κ2) is 10.9. The highest BCUT2D eigenvalue weighted by atomic mass is 35.5. The zero-order valence-electron chi connectivity index (χ0n) is 12.3. The van der Waals surface area contributed by atoms with E-state index in [0.29, 0.717) is 6.54 Å². The smallest absolute Gasteiger partial charge is 0.317 e. The van der Waals surface area contributed by atoms with Gasteiger partial charge in [-0.05, 0) is 25.8 Å². The summed E-state index contributed by atoms with van der Waals surface area (Å²) in [6.07, 6.45) is 7.83. The number of carboxylic acids is 1. The molecule has 1 rings (SSSR count). The molecule has 2 N–H and O–H groups in total. The number of amides is 1. The minimum absolute atomic E-state index is 0. The Bertz CT molecular complexity index is 292. The van der Waals surface area contributed by atoms with Gasteiger partial charge in [-0.2, -0.15) is 0 Å². The summed E-state index contributed by atoms with van der Waals surface area (Å²) in [4.78, 5) is 24.4. The van der Waals surface area contributed by atoms with Crippen LogP contribution in [0.4, 0.5) is 0 Å². The molecular formula is C14H27ClN2O3. The lowest BCUT2D eigenvalue weighted by Gasteiger charge is -2.21. The van der Waals surface area contributed by atoms with Gasteiger partial charge in [-0.15, -0.1) is 12.4 Å². The van der Waals surface area contributed by atoms with Crippen molar-refractivity contribution in [1.82, 2.24) is 10.2 Å². The zero-order valence-corrected chi connectivity index (χ0v) is 13.1. The molecule has 6 heteroatoms. The molecule has 1 saturated carbocycles. The van der Waals surface area contributed by atoms with Crippen molar-refractivity contribution in [2.45, 2.75) is 57.9 Å². The zero-order chi connectivity index (χ0) is 14.1. The van der Waals surface area contributed by atoms with Crippen molar-refractivity contribution in [1.29, 1.82) is 0 Å². The third-order valence-electron chi connectivity index (χ3n) is 3.49. The van der Waals surface area contributed by atoms with Gasteiger partial charge in [-0.3, -0.25) is 14.5 Å². The van der Waals surface area contributed by atoms with Gasteiger partial charge < -0.3 is 10.4 Å². The van der Waals surface area contributed by atoms with E-state index in [0.717, 1.165) is 19.3 Å². The highest BCUT2D eigenvalue weighted by molar-refractivity contribution is 5.85. The number of nitrogens with zero attached hydrogens (tertiary/aromatic N) is 1. The van der Waals surface area contributed by atoms with E-state index in [9.17, 15) is 9.59 Å². The van der Waals surface area contributed by atoms with E-state index >= 15 is 0 Å². The van der Waals surface area contributed by atoms with E-state index in [2.05, 4.69) is 5.32 Å². The third-order valence-corrected chi connectivity index (χ3v) is 3.49. The van der Waals surface area contributed by atoms with E-state index in [1.54, 1.807) is 4.90 Å². The van der Waals surface area contributed by atoms with Crippen molar-refractivity contribution in [2.75, 3.05) is 19.6 Å². The van der Waals surface area contributed by atoms with E-state index in [-0.39, 0.29) is 37.4 Å². The van der Waals surface area contributed by atoms with Crippen LogP contribution in [-0.2, 0) is 9.59 Å². The second-order valence-corrected chi connectivity index (χ2v) is 5.36. The van der Waals surface area contributed by atoms with Crippen molar-refractivity contribution < 1.29 is 14.7 Å². The van der Waals surface area contributed by atoms with E-state index < -0.39 is 5.97 Å². The summed E-state index contributed by atoms with van der Waals surface area (Å²) in [6, 6.07) is 0.281. The van der Waals surface area contributed by atoms with E-state index in [1.807, 2.05) is 6.92 Å². The van der Waals surface area contributed by atoms with Gasteiger partial charge in [0.25, 0.3) is 0 Å². The van der Waals surface area contributed by atoms with Crippen molar-refractivity contribution in [2.24, 2.45) is 0 Å². The van der Waals surface area contributed by atoms with Crippen LogP contribution in [0.3, 0.4) is 0 Å². The minimum atomic E-state index is -0.879. The quantitative estimate of drug-likeness (QED) is 0.706. The van der Waals surface area contributed by atoms with Gasteiger partial charge in [-0.25, -0.2) is 0 Å². The molecule has 5 nitrogen and oxygen atoms in total. The number of halogens is 1. The minimum Gasteiger partial charge on any atom is -0.480 e. The van der Waals surface area contributed by atoms with Crippen molar-refractivity contribution in [3.05, 3.63) is 0 Å². The number of carboxylic acid groups (broad SMARTS) is 1. The molecule has 0 heterocycles. The first-order valence-corrected chi connectivity index (χ1v) is 7.35. The monoisotopic (exact) mass is 306 g/mol. The van der Waals surface area contributed by atoms with Crippen LogP contribution in [0.25, 0.3) is 0 Å². The number of hydrogen-bond acceptors (Lipinski definition) is 3. The largest absolute Gasteiger partial charge is 0.480 e. The standard InChI is InChI=1S/C14H26N2O3.ClH/c1-2-9-16(11-14(18)19)10-13(17)15-12-7-5-3-4-6-8-12;/h12H,2-11H2,1H3,(H,15,17)(H,18,19);1H. The molecule has 0 atom stereocenters. The van der Waals surface area contributed by atoms with Gasteiger partial charge in [0.1, 0.15) is 0 Å². The van der Waals surface area contributed by atoms with Crippen molar-refractivity contribution in [3.63, 3.8) is 0 Å². The van der Waals surface area contributed by atoms with Gasteiger partial charge in [0.05, 0.1) is 13.1 Å². The molecule has 0 aliphatic heterocycles. The number of nitrogens with one attached hydrogen (secondary N) is 1. The number of hydrogen-bond donors (Lipinski definition) is 2. The first kappa shape index (κ1) is 19.2. The molecule has 0 saturated heterocycles. The fraction of sp³-hybridized carbons (Fsp3) is 0.857. The van der Waals surface area contributed by atoms with Crippen LogP contribution in [0.5, 0.6) is 0 Å². The first-order valence-electron chi connectivity index (χ1n) is 7.35. The summed E-state index contributed by atoms with van der Waals surface area (Å²) in [5.74, 6) is -0.919. The third kappa shape index (κ3) is 8.38. The van der Waals surface area contributed by atoms with Crippen LogP contribution >= 0.6 is 12.4 Å². The number of aliphatic carboxylic acids is 1. The molecule has 0 bridgehead atoms. The average molecular weight is 307 g/mol. The summed E-state index contributed by atoms with van der Waals surface area (Å²) >= 11 is 0. The molecule has 0 aromatic rings. The maximum absolute atomic E-state index is 11.9. The van der Waals surface area contributed by atoms with Gasteiger partial charge >= 0.3 is 5.97 Å². The predicted octanol–water partition coefficient (Wildman–Crippen LogP) is 2.04. The van der Waals surface area contributed by atoms with Crippen LogP contribution in [0.1, 0.15) is 51.9 Å². The highest BCUT2D eigenvalue weighted by Gasteiger charge is 2.17. The molecule has 118 valence electrons. The normalized spacial score (nSPS) is 16.3. The van der Waals surface area contributed by atoms with Crippen LogP contribution < -0.4 is 5.32 Å². The summed E-state index contributed by atoms with van der Waals surface area (Å²) in [5.41, 5.74) is 0. The Hall–Kier alpha value is -0.810. The van der Waals surface area contributed by atoms with Crippen molar-refractivity contribution >= 4 is 24.3 Å². The topological polar surface area (TPSA) is 69.6 Å². The predicted molar refractivity (Wildman–Crippen MR) is 81.2 cm³/mol.